The standard InChI is InChI=1S/C15H20ClN3O/c1-11-9-19(12(2)10-20-3)15(18-11)17-8-13-5-4-6-14(16)7-13/h4-7,9,12H,8,10H2,1-3H3,(H,17,18). The molecule has 0 bridgehead atoms. The normalized spacial score (nSPS) is 12.4. The third kappa shape index (κ3) is 3.74. The van der Waals surface area contributed by atoms with Gasteiger partial charge in [0.05, 0.1) is 18.3 Å². The van der Waals surface area contributed by atoms with E-state index in [0.29, 0.717) is 13.2 Å². The Balaban J connectivity index is 2.09. The van der Waals surface area contributed by atoms with Crippen molar-refractivity contribution in [2.24, 2.45) is 0 Å². The molecule has 0 saturated carbocycles. The van der Waals surface area contributed by atoms with Gasteiger partial charge < -0.3 is 14.6 Å². The molecule has 0 radical (unpaired) electrons. The van der Waals surface area contributed by atoms with Crippen molar-refractivity contribution in [3.63, 3.8) is 0 Å². The number of benzene rings is 1. The second kappa shape index (κ2) is 6.77. The summed E-state index contributed by atoms with van der Waals surface area (Å²) in [7, 11) is 1.71. The minimum absolute atomic E-state index is 0.239. The van der Waals surface area contributed by atoms with Crippen molar-refractivity contribution in [1.82, 2.24) is 9.55 Å². The fourth-order valence-corrected chi connectivity index (χ4v) is 2.35. The van der Waals surface area contributed by atoms with Gasteiger partial charge in [0, 0.05) is 24.9 Å². The van der Waals surface area contributed by atoms with Gasteiger partial charge >= 0.3 is 0 Å². The number of nitrogens with zero attached hydrogens (tertiary/aromatic N) is 2. The molecule has 0 aliphatic rings. The number of hydrogen-bond acceptors (Lipinski definition) is 3. The van der Waals surface area contributed by atoms with Crippen LogP contribution in [0.3, 0.4) is 0 Å². The molecule has 1 aromatic carbocycles. The van der Waals surface area contributed by atoms with E-state index in [2.05, 4.69) is 21.8 Å². The van der Waals surface area contributed by atoms with Crippen LogP contribution in [0.4, 0.5) is 5.95 Å². The van der Waals surface area contributed by atoms with Gasteiger partial charge in [0.1, 0.15) is 0 Å². The molecule has 2 rings (SSSR count). The van der Waals surface area contributed by atoms with Gasteiger partial charge in [0.25, 0.3) is 0 Å². The van der Waals surface area contributed by atoms with Crippen LogP contribution in [0.5, 0.6) is 0 Å². The molecule has 5 heteroatoms. The Morgan fingerprint density at radius 3 is 2.95 bits per heavy atom. The molecule has 1 N–H and O–H groups in total. The monoisotopic (exact) mass is 293 g/mol. The lowest BCUT2D eigenvalue weighted by Gasteiger charge is -2.16. The zero-order valence-corrected chi connectivity index (χ0v) is 12.8. The van der Waals surface area contributed by atoms with Gasteiger partial charge in [0.15, 0.2) is 0 Å². The highest BCUT2D eigenvalue weighted by Gasteiger charge is 2.11. The second-order valence-electron chi connectivity index (χ2n) is 4.90. The molecular formula is C15H20ClN3O. The van der Waals surface area contributed by atoms with E-state index in [4.69, 9.17) is 16.3 Å². The summed E-state index contributed by atoms with van der Waals surface area (Å²) in [4.78, 5) is 4.51. The number of anilines is 1. The molecule has 0 amide bonds. The maximum atomic E-state index is 5.99. The maximum absolute atomic E-state index is 5.99. The highest BCUT2D eigenvalue weighted by Crippen LogP contribution is 2.18. The zero-order chi connectivity index (χ0) is 14.5. The molecule has 20 heavy (non-hydrogen) atoms. The molecular weight excluding hydrogens is 274 g/mol. The Morgan fingerprint density at radius 2 is 2.25 bits per heavy atom. The Labute approximate surface area is 124 Å². The average Bonchev–Trinajstić information content (AvgIpc) is 2.78. The van der Waals surface area contributed by atoms with Gasteiger partial charge in [-0.3, -0.25) is 0 Å². The van der Waals surface area contributed by atoms with E-state index in [0.717, 1.165) is 22.2 Å². The first-order chi connectivity index (χ1) is 9.60. The summed E-state index contributed by atoms with van der Waals surface area (Å²) in [5.74, 6) is 0.854. The summed E-state index contributed by atoms with van der Waals surface area (Å²) in [5, 5.41) is 4.10. The summed E-state index contributed by atoms with van der Waals surface area (Å²) in [6, 6.07) is 8.05. The van der Waals surface area contributed by atoms with Gasteiger partial charge in [-0.25, -0.2) is 4.98 Å². The molecule has 1 aromatic heterocycles. The first-order valence-electron chi connectivity index (χ1n) is 6.63. The maximum Gasteiger partial charge on any atom is 0.203 e. The molecule has 0 aliphatic carbocycles. The van der Waals surface area contributed by atoms with Crippen molar-refractivity contribution >= 4 is 17.5 Å². The highest BCUT2D eigenvalue weighted by atomic mass is 35.5. The van der Waals surface area contributed by atoms with E-state index in [1.54, 1.807) is 7.11 Å². The number of aryl methyl sites for hydroxylation is 1. The minimum Gasteiger partial charge on any atom is -0.383 e. The van der Waals surface area contributed by atoms with Crippen LogP contribution in [0.2, 0.25) is 5.02 Å². The van der Waals surface area contributed by atoms with E-state index in [9.17, 15) is 0 Å². The zero-order valence-electron chi connectivity index (χ0n) is 12.1. The molecule has 1 heterocycles. The van der Waals surface area contributed by atoms with E-state index >= 15 is 0 Å². The largest absolute Gasteiger partial charge is 0.383 e. The van der Waals surface area contributed by atoms with E-state index in [1.165, 1.54) is 0 Å². The third-order valence-electron chi connectivity index (χ3n) is 3.08. The van der Waals surface area contributed by atoms with Crippen molar-refractivity contribution in [1.29, 1.82) is 0 Å². The molecule has 0 aliphatic heterocycles. The number of halogens is 1. The van der Waals surface area contributed by atoms with Crippen molar-refractivity contribution in [2.75, 3.05) is 19.0 Å². The Bertz CT molecular complexity index is 568. The topological polar surface area (TPSA) is 39.1 Å². The molecule has 1 atom stereocenters. The molecule has 4 nitrogen and oxygen atoms in total. The second-order valence-corrected chi connectivity index (χ2v) is 5.34. The summed E-state index contributed by atoms with van der Waals surface area (Å²) >= 11 is 5.99. The van der Waals surface area contributed by atoms with Crippen LogP contribution in [0.1, 0.15) is 24.2 Å². The Morgan fingerprint density at radius 1 is 1.45 bits per heavy atom. The van der Waals surface area contributed by atoms with Gasteiger partial charge in [-0.15, -0.1) is 0 Å². The van der Waals surface area contributed by atoms with Crippen molar-refractivity contribution in [3.8, 4) is 0 Å². The van der Waals surface area contributed by atoms with Gasteiger partial charge in [-0.1, -0.05) is 23.7 Å². The first-order valence-corrected chi connectivity index (χ1v) is 7.00. The predicted molar refractivity (Wildman–Crippen MR) is 82.3 cm³/mol. The quantitative estimate of drug-likeness (QED) is 0.883. The third-order valence-corrected chi connectivity index (χ3v) is 3.31. The molecule has 1 unspecified atom stereocenters. The molecule has 2 aromatic rings. The fraction of sp³-hybridized carbons (Fsp3) is 0.400. The summed E-state index contributed by atoms with van der Waals surface area (Å²) in [6.07, 6.45) is 2.03. The summed E-state index contributed by atoms with van der Waals surface area (Å²) < 4.78 is 7.31. The van der Waals surface area contributed by atoms with Crippen LogP contribution < -0.4 is 5.32 Å². The van der Waals surface area contributed by atoms with Gasteiger partial charge in [-0.05, 0) is 31.5 Å². The van der Waals surface area contributed by atoms with Crippen molar-refractivity contribution in [3.05, 3.63) is 46.7 Å². The van der Waals surface area contributed by atoms with Crippen LogP contribution in [-0.2, 0) is 11.3 Å². The van der Waals surface area contributed by atoms with Crippen LogP contribution in [0.15, 0.2) is 30.5 Å². The number of methoxy groups -OCH3 is 1. The Hall–Kier alpha value is -1.52. The molecule has 0 fully saturated rings. The molecule has 0 spiro atoms. The minimum atomic E-state index is 0.239. The molecule has 0 saturated heterocycles. The predicted octanol–water partition coefficient (Wildman–Crippen LogP) is 3.66. The van der Waals surface area contributed by atoms with Gasteiger partial charge in [0.2, 0.25) is 5.95 Å². The van der Waals surface area contributed by atoms with Crippen LogP contribution in [0, 0.1) is 6.92 Å². The fourth-order valence-electron chi connectivity index (χ4n) is 2.13. The lowest BCUT2D eigenvalue weighted by atomic mass is 10.2. The number of rotatable bonds is 6. The van der Waals surface area contributed by atoms with E-state index in [1.807, 2.05) is 37.4 Å². The molecule has 108 valence electrons. The number of ether oxygens (including phenoxy) is 1. The summed E-state index contributed by atoms with van der Waals surface area (Å²) in [6.45, 7) is 5.44. The summed E-state index contributed by atoms with van der Waals surface area (Å²) in [5.41, 5.74) is 2.12. The average molecular weight is 294 g/mol. The lowest BCUT2D eigenvalue weighted by Crippen LogP contribution is -2.14. The SMILES string of the molecule is COCC(C)n1cc(C)nc1NCc1cccc(Cl)c1. The van der Waals surface area contributed by atoms with E-state index in [-0.39, 0.29) is 6.04 Å². The first kappa shape index (κ1) is 14.9. The van der Waals surface area contributed by atoms with Crippen LogP contribution >= 0.6 is 11.6 Å². The highest BCUT2D eigenvalue weighted by molar-refractivity contribution is 6.30. The van der Waals surface area contributed by atoms with Crippen molar-refractivity contribution < 1.29 is 4.74 Å². The van der Waals surface area contributed by atoms with E-state index < -0.39 is 0 Å². The smallest absolute Gasteiger partial charge is 0.203 e. The number of hydrogen-bond donors (Lipinski definition) is 1. The van der Waals surface area contributed by atoms with Gasteiger partial charge in [-0.2, -0.15) is 0 Å². The van der Waals surface area contributed by atoms with Crippen LogP contribution in [0.25, 0.3) is 0 Å². The number of imidazole rings is 1. The number of aromatic nitrogens is 2. The van der Waals surface area contributed by atoms with Crippen LogP contribution in [-0.4, -0.2) is 23.3 Å². The lowest BCUT2D eigenvalue weighted by molar-refractivity contribution is 0.163. The van der Waals surface area contributed by atoms with Crippen molar-refractivity contribution in [2.45, 2.75) is 26.4 Å². The number of nitrogens with one attached hydrogen (secondary N) is 1. The Kier molecular flexibility index (Phi) is 5.04.